The van der Waals surface area contributed by atoms with Gasteiger partial charge in [-0.1, -0.05) is 44.2 Å². The van der Waals surface area contributed by atoms with Gasteiger partial charge in [0.05, 0.1) is 0 Å². The molecule has 19 heavy (non-hydrogen) atoms. The van der Waals surface area contributed by atoms with E-state index in [9.17, 15) is 0 Å². The summed E-state index contributed by atoms with van der Waals surface area (Å²) in [5.41, 5.74) is 3.75. The molecule has 2 heteroatoms. The maximum absolute atomic E-state index is 4.54. The zero-order valence-corrected chi connectivity index (χ0v) is 11.4. The lowest BCUT2D eigenvalue weighted by molar-refractivity contribution is 0.822. The Kier molecular flexibility index (Phi) is 3.08. The second-order valence-corrected chi connectivity index (χ2v) is 5.22. The monoisotopic (exact) mass is 250 g/mol. The van der Waals surface area contributed by atoms with Crippen LogP contribution in [0, 0.1) is 0 Å². The summed E-state index contributed by atoms with van der Waals surface area (Å²) in [7, 11) is 0. The van der Waals surface area contributed by atoms with Crippen LogP contribution in [0.1, 0.15) is 30.9 Å². The fraction of sp³-hybridized carbons (Fsp3) is 0.235. The molecule has 0 spiro atoms. The van der Waals surface area contributed by atoms with E-state index in [1.165, 1.54) is 16.5 Å². The fourth-order valence-corrected chi connectivity index (χ4v) is 2.52. The molecule has 2 aromatic heterocycles. The van der Waals surface area contributed by atoms with E-state index in [2.05, 4.69) is 66.0 Å². The maximum atomic E-state index is 4.54. The summed E-state index contributed by atoms with van der Waals surface area (Å²) in [6.07, 6.45) is 4.05. The van der Waals surface area contributed by atoms with Crippen LogP contribution in [0.3, 0.4) is 0 Å². The van der Waals surface area contributed by atoms with Crippen molar-refractivity contribution in [3.05, 3.63) is 66.0 Å². The molecule has 0 saturated heterocycles. The predicted octanol–water partition coefficient (Wildman–Crippen LogP) is 4.21. The molecule has 0 aliphatic carbocycles. The van der Waals surface area contributed by atoms with Crippen LogP contribution >= 0.6 is 0 Å². The average Bonchev–Trinajstić information content (AvgIpc) is 2.83. The Morgan fingerprint density at radius 1 is 1.05 bits per heavy atom. The minimum atomic E-state index is 0.526. The summed E-state index contributed by atoms with van der Waals surface area (Å²) >= 11 is 0. The third-order valence-corrected chi connectivity index (χ3v) is 3.51. The SMILES string of the molecule is CC(C)c1ccnc2c1ccn2Cc1ccccc1. The predicted molar refractivity (Wildman–Crippen MR) is 79.4 cm³/mol. The second kappa shape index (κ2) is 4.88. The fourth-order valence-electron chi connectivity index (χ4n) is 2.52. The minimum absolute atomic E-state index is 0.526. The molecule has 0 aliphatic rings. The lowest BCUT2D eigenvalue weighted by Crippen LogP contribution is -1.99. The topological polar surface area (TPSA) is 17.8 Å². The highest BCUT2D eigenvalue weighted by molar-refractivity contribution is 5.80. The molecular weight excluding hydrogens is 232 g/mol. The first kappa shape index (κ1) is 12.0. The third-order valence-electron chi connectivity index (χ3n) is 3.51. The molecule has 0 fully saturated rings. The highest BCUT2D eigenvalue weighted by Gasteiger charge is 2.09. The van der Waals surface area contributed by atoms with Crippen molar-refractivity contribution in [1.82, 2.24) is 9.55 Å². The summed E-state index contributed by atoms with van der Waals surface area (Å²) in [6, 6.07) is 14.8. The number of pyridine rings is 1. The number of hydrogen-bond acceptors (Lipinski definition) is 1. The molecule has 0 bridgehead atoms. The first-order valence-electron chi connectivity index (χ1n) is 6.73. The van der Waals surface area contributed by atoms with Crippen molar-refractivity contribution in [3.8, 4) is 0 Å². The zero-order chi connectivity index (χ0) is 13.2. The molecular formula is C17H18N2. The molecule has 0 unspecified atom stereocenters. The molecule has 3 rings (SSSR count). The maximum Gasteiger partial charge on any atom is 0.140 e. The van der Waals surface area contributed by atoms with Crippen molar-refractivity contribution in [2.75, 3.05) is 0 Å². The van der Waals surface area contributed by atoms with E-state index in [4.69, 9.17) is 0 Å². The smallest absolute Gasteiger partial charge is 0.140 e. The lowest BCUT2D eigenvalue weighted by atomic mass is 10.0. The van der Waals surface area contributed by atoms with E-state index in [1.54, 1.807) is 0 Å². The number of fused-ring (bicyclic) bond motifs is 1. The van der Waals surface area contributed by atoms with Gasteiger partial charge in [0.15, 0.2) is 0 Å². The lowest BCUT2D eigenvalue weighted by Gasteiger charge is -2.08. The van der Waals surface area contributed by atoms with Crippen LogP contribution in [0.5, 0.6) is 0 Å². The molecule has 0 atom stereocenters. The largest absolute Gasteiger partial charge is 0.328 e. The van der Waals surface area contributed by atoms with Gasteiger partial charge < -0.3 is 4.57 Å². The summed E-state index contributed by atoms with van der Waals surface area (Å²) < 4.78 is 2.22. The van der Waals surface area contributed by atoms with Crippen LogP contribution in [-0.4, -0.2) is 9.55 Å². The van der Waals surface area contributed by atoms with Gasteiger partial charge >= 0.3 is 0 Å². The standard InChI is InChI=1S/C17H18N2/c1-13(2)15-8-10-18-17-16(15)9-11-19(17)12-14-6-4-3-5-7-14/h3-11,13H,12H2,1-2H3. The normalized spacial score (nSPS) is 11.3. The van der Waals surface area contributed by atoms with E-state index in [0.717, 1.165) is 12.2 Å². The Labute approximate surface area is 113 Å². The van der Waals surface area contributed by atoms with Gasteiger partial charge in [0, 0.05) is 24.3 Å². The van der Waals surface area contributed by atoms with E-state index < -0.39 is 0 Å². The van der Waals surface area contributed by atoms with Crippen molar-refractivity contribution >= 4 is 11.0 Å². The second-order valence-electron chi connectivity index (χ2n) is 5.22. The van der Waals surface area contributed by atoms with E-state index in [0.29, 0.717) is 5.92 Å². The molecule has 1 aromatic carbocycles. The molecule has 0 radical (unpaired) electrons. The van der Waals surface area contributed by atoms with E-state index >= 15 is 0 Å². The summed E-state index contributed by atoms with van der Waals surface area (Å²) in [4.78, 5) is 4.54. The van der Waals surface area contributed by atoms with Crippen LogP contribution in [0.4, 0.5) is 0 Å². The first-order valence-corrected chi connectivity index (χ1v) is 6.73. The highest BCUT2D eigenvalue weighted by atomic mass is 15.0. The van der Waals surface area contributed by atoms with Crippen molar-refractivity contribution < 1.29 is 0 Å². The molecule has 96 valence electrons. The van der Waals surface area contributed by atoms with Gasteiger partial charge in [-0.15, -0.1) is 0 Å². The Balaban J connectivity index is 2.04. The van der Waals surface area contributed by atoms with Crippen LogP contribution < -0.4 is 0 Å². The quantitative estimate of drug-likeness (QED) is 0.681. The van der Waals surface area contributed by atoms with Crippen LogP contribution in [0.2, 0.25) is 0 Å². The van der Waals surface area contributed by atoms with Gasteiger partial charge in [0.1, 0.15) is 5.65 Å². The number of benzene rings is 1. The van der Waals surface area contributed by atoms with Crippen molar-refractivity contribution in [1.29, 1.82) is 0 Å². The Hall–Kier alpha value is -2.09. The zero-order valence-electron chi connectivity index (χ0n) is 11.4. The van der Waals surface area contributed by atoms with Gasteiger partial charge in [0.25, 0.3) is 0 Å². The van der Waals surface area contributed by atoms with Gasteiger partial charge in [-0.05, 0) is 29.2 Å². The van der Waals surface area contributed by atoms with Gasteiger partial charge in [-0.25, -0.2) is 4.98 Å². The Morgan fingerprint density at radius 3 is 2.58 bits per heavy atom. The Morgan fingerprint density at radius 2 is 1.84 bits per heavy atom. The summed E-state index contributed by atoms with van der Waals surface area (Å²) in [5.74, 6) is 0.526. The molecule has 0 amide bonds. The first-order chi connectivity index (χ1) is 9.25. The molecule has 0 saturated carbocycles. The van der Waals surface area contributed by atoms with E-state index in [1.807, 2.05) is 12.3 Å². The molecule has 2 nitrogen and oxygen atoms in total. The number of hydrogen-bond donors (Lipinski definition) is 0. The van der Waals surface area contributed by atoms with Crippen molar-refractivity contribution in [2.24, 2.45) is 0 Å². The van der Waals surface area contributed by atoms with Crippen LogP contribution in [0.15, 0.2) is 54.9 Å². The number of rotatable bonds is 3. The third kappa shape index (κ3) is 2.26. The van der Waals surface area contributed by atoms with Gasteiger partial charge in [-0.3, -0.25) is 0 Å². The van der Waals surface area contributed by atoms with E-state index in [-0.39, 0.29) is 0 Å². The summed E-state index contributed by atoms with van der Waals surface area (Å²) in [5, 5.41) is 1.27. The molecule has 3 aromatic rings. The number of aromatic nitrogens is 2. The number of nitrogens with zero attached hydrogens (tertiary/aromatic N) is 2. The van der Waals surface area contributed by atoms with Crippen LogP contribution in [0.25, 0.3) is 11.0 Å². The average molecular weight is 250 g/mol. The van der Waals surface area contributed by atoms with Crippen molar-refractivity contribution in [2.45, 2.75) is 26.3 Å². The molecule has 0 aliphatic heterocycles. The van der Waals surface area contributed by atoms with Crippen LogP contribution in [-0.2, 0) is 6.54 Å². The van der Waals surface area contributed by atoms with Crippen molar-refractivity contribution in [3.63, 3.8) is 0 Å². The molecule has 2 heterocycles. The highest BCUT2D eigenvalue weighted by Crippen LogP contribution is 2.25. The minimum Gasteiger partial charge on any atom is -0.328 e. The molecule has 0 N–H and O–H groups in total. The summed E-state index contributed by atoms with van der Waals surface area (Å²) in [6.45, 7) is 5.32. The van der Waals surface area contributed by atoms with Gasteiger partial charge in [-0.2, -0.15) is 0 Å². The van der Waals surface area contributed by atoms with Gasteiger partial charge in [0.2, 0.25) is 0 Å². The Bertz CT molecular complexity index is 681.